The number of benzene rings is 1. The van der Waals surface area contributed by atoms with Crippen molar-refractivity contribution in [2.75, 3.05) is 0 Å². The van der Waals surface area contributed by atoms with Gasteiger partial charge < -0.3 is 0 Å². The Hall–Kier alpha value is -0.870. The fraction of sp³-hybridized carbons (Fsp3) is 0.200. The van der Waals surface area contributed by atoms with E-state index in [1.54, 1.807) is 10.9 Å². The molecule has 2 rings (SSSR count). The van der Waals surface area contributed by atoms with Crippen molar-refractivity contribution in [1.29, 1.82) is 0 Å². The zero-order valence-electron chi connectivity index (χ0n) is 8.11. The topological polar surface area (TPSA) is 30.7 Å². The van der Waals surface area contributed by atoms with Gasteiger partial charge in [0, 0.05) is 10.4 Å². The lowest BCUT2D eigenvalue weighted by Crippen LogP contribution is -2.02. The molecule has 0 unspecified atom stereocenters. The molecule has 1 heterocycles. The van der Waals surface area contributed by atoms with E-state index in [2.05, 4.69) is 26.2 Å². The van der Waals surface area contributed by atoms with Crippen LogP contribution in [0.1, 0.15) is 11.3 Å². The molecule has 0 atom stereocenters. The Kier molecular flexibility index (Phi) is 3.07. The van der Waals surface area contributed by atoms with Crippen molar-refractivity contribution in [2.45, 2.75) is 12.3 Å². The average molecular weight is 287 g/mol. The molecule has 0 aliphatic rings. The maximum absolute atomic E-state index is 5.90. The molecule has 0 aliphatic carbocycles. The van der Waals surface area contributed by atoms with Crippen LogP contribution < -0.4 is 0 Å². The SMILES string of the molecule is Cc1cc(Cl)ccc1-n1nncc1CBr. The first-order valence-corrected chi connectivity index (χ1v) is 5.94. The molecule has 15 heavy (non-hydrogen) atoms. The van der Waals surface area contributed by atoms with Crippen molar-refractivity contribution in [3.63, 3.8) is 0 Å². The molecule has 0 fully saturated rings. The Bertz CT molecular complexity index is 481. The fourth-order valence-electron chi connectivity index (χ4n) is 1.41. The molecule has 3 nitrogen and oxygen atoms in total. The molecule has 1 aromatic carbocycles. The smallest absolute Gasteiger partial charge is 0.0751 e. The van der Waals surface area contributed by atoms with Crippen LogP contribution in [0.15, 0.2) is 24.4 Å². The van der Waals surface area contributed by atoms with E-state index in [4.69, 9.17) is 11.6 Å². The van der Waals surface area contributed by atoms with E-state index in [9.17, 15) is 0 Å². The maximum Gasteiger partial charge on any atom is 0.0751 e. The third kappa shape index (κ3) is 2.06. The minimum absolute atomic E-state index is 0.724. The van der Waals surface area contributed by atoms with Crippen LogP contribution in [0.2, 0.25) is 5.02 Å². The lowest BCUT2D eigenvalue weighted by atomic mass is 10.2. The summed E-state index contributed by atoms with van der Waals surface area (Å²) >= 11 is 9.29. The van der Waals surface area contributed by atoms with E-state index in [0.29, 0.717) is 0 Å². The minimum Gasteiger partial charge on any atom is -0.216 e. The lowest BCUT2D eigenvalue weighted by molar-refractivity contribution is 0.778. The van der Waals surface area contributed by atoms with Crippen LogP contribution in [-0.2, 0) is 5.33 Å². The summed E-state index contributed by atoms with van der Waals surface area (Å²) in [5.41, 5.74) is 3.10. The van der Waals surface area contributed by atoms with Gasteiger partial charge in [-0.3, -0.25) is 0 Å². The van der Waals surface area contributed by atoms with Gasteiger partial charge in [0.05, 0.1) is 17.6 Å². The van der Waals surface area contributed by atoms with Crippen molar-refractivity contribution in [3.8, 4) is 5.69 Å². The fourth-order valence-corrected chi connectivity index (χ4v) is 2.02. The van der Waals surface area contributed by atoms with Crippen LogP contribution in [0.25, 0.3) is 5.69 Å². The van der Waals surface area contributed by atoms with Gasteiger partial charge in [-0.2, -0.15) is 0 Å². The van der Waals surface area contributed by atoms with Gasteiger partial charge in [-0.1, -0.05) is 32.7 Å². The first-order valence-electron chi connectivity index (χ1n) is 4.44. The molecule has 0 bridgehead atoms. The third-order valence-corrected chi connectivity index (χ3v) is 2.95. The van der Waals surface area contributed by atoms with Crippen LogP contribution >= 0.6 is 27.5 Å². The van der Waals surface area contributed by atoms with Gasteiger partial charge in [-0.15, -0.1) is 5.10 Å². The summed E-state index contributed by atoms with van der Waals surface area (Å²) in [6.45, 7) is 2.00. The van der Waals surface area contributed by atoms with Gasteiger partial charge >= 0.3 is 0 Å². The van der Waals surface area contributed by atoms with Gasteiger partial charge in [0.15, 0.2) is 0 Å². The highest BCUT2D eigenvalue weighted by atomic mass is 79.9. The number of aryl methyl sites for hydroxylation is 1. The van der Waals surface area contributed by atoms with Gasteiger partial charge in [0.1, 0.15) is 0 Å². The highest BCUT2D eigenvalue weighted by molar-refractivity contribution is 9.08. The summed E-state index contributed by atoms with van der Waals surface area (Å²) < 4.78 is 1.81. The van der Waals surface area contributed by atoms with E-state index < -0.39 is 0 Å². The Labute approximate surface area is 101 Å². The molecule has 5 heteroatoms. The van der Waals surface area contributed by atoms with E-state index in [1.807, 2.05) is 25.1 Å². The highest BCUT2D eigenvalue weighted by Gasteiger charge is 2.07. The molecule has 0 radical (unpaired) electrons. The van der Waals surface area contributed by atoms with Crippen molar-refractivity contribution in [1.82, 2.24) is 15.0 Å². The molecule has 0 amide bonds. The van der Waals surface area contributed by atoms with Gasteiger partial charge in [0.25, 0.3) is 0 Å². The van der Waals surface area contributed by atoms with Gasteiger partial charge in [0.2, 0.25) is 0 Å². The number of alkyl halides is 1. The maximum atomic E-state index is 5.90. The monoisotopic (exact) mass is 285 g/mol. The Balaban J connectivity index is 2.54. The summed E-state index contributed by atoms with van der Waals surface area (Å²) in [7, 11) is 0. The molecule has 2 aromatic rings. The highest BCUT2D eigenvalue weighted by Crippen LogP contribution is 2.20. The normalized spacial score (nSPS) is 10.6. The molecule has 0 spiro atoms. The summed E-state index contributed by atoms with van der Waals surface area (Å²) in [5.74, 6) is 0. The summed E-state index contributed by atoms with van der Waals surface area (Å²) in [5, 5.41) is 9.38. The molecule has 78 valence electrons. The predicted octanol–water partition coefficient (Wildman–Crippen LogP) is 3.12. The predicted molar refractivity (Wildman–Crippen MR) is 63.7 cm³/mol. The molecule has 1 aromatic heterocycles. The standard InChI is InChI=1S/C10H9BrClN3/c1-7-4-8(12)2-3-10(7)15-9(5-11)6-13-14-15/h2-4,6H,5H2,1H3. The Morgan fingerprint density at radius 3 is 2.93 bits per heavy atom. The number of hydrogen-bond acceptors (Lipinski definition) is 2. The van der Waals surface area contributed by atoms with E-state index >= 15 is 0 Å². The summed E-state index contributed by atoms with van der Waals surface area (Å²) in [4.78, 5) is 0. The summed E-state index contributed by atoms with van der Waals surface area (Å²) in [6, 6.07) is 5.71. The van der Waals surface area contributed by atoms with E-state index in [-0.39, 0.29) is 0 Å². The van der Waals surface area contributed by atoms with Crippen LogP contribution in [0.4, 0.5) is 0 Å². The van der Waals surface area contributed by atoms with Crippen LogP contribution in [-0.4, -0.2) is 15.0 Å². The second kappa shape index (κ2) is 4.33. The van der Waals surface area contributed by atoms with E-state index in [1.165, 1.54) is 0 Å². The van der Waals surface area contributed by atoms with Gasteiger partial charge in [-0.25, -0.2) is 4.68 Å². The number of hydrogen-bond donors (Lipinski definition) is 0. The van der Waals surface area contributed by atoms with Crippen LogP contribution in [0.3, 0.4) is 0 Å². The van der Waals surface area contributed by atoms with Gasteiger partial charge in [-0.05, 0) is 30.7 Å². The van der Waals surface area contributed by atoms with Crippen molar-refractivity contribution >= 4 is 27.5 Å². The number of rotatable bonds is 2. The first-order chi connectivity index (χ1) is 7.22. The number of halogens is 2. The molecule has 0 saturated carbocycles. The lowest BCUT2D eigenvalue weighted by Gasteiger charge is -2.07. The minimum atomic E-state index is 0.724. The number of aromatic nitrogens is 3. The zero-order chi connectivity index (χ0) is 10.8. The largest absolute Gasteiger partial charge is 0.216 e. The number of nitrogens with zero attached hydrogens (tertiary/aromatic N) is 3. The first kappa shape index (κ1) is 10.6. The molecule has 0 N–H and O–H groups in total. The van der Waals surface area contributed by atoms with E-state index in [0.717, 1.165) is 27.3 Å². The quantitative estimate of drug-likeness (QED) is 0.794. The molecule has 0 aliphatic heterocycles. The Morgan fingerprint density at radius 2 is 2.27 bits per heavy atom. The molecule has 0 saturated heterocycles. The van der Waals surface area contributed by atoms with Crippen LogP contribution in [0.5, 0.6) is 0 Å². The molecular formula is C10H9BrClN3. The van der Waals surface area contributed by atoms with Crippen LogP contribution in [0, 0.1) is 6.92 Å². The second-order valence-electron chi connectivity index (χ2n) is 3.20. The summed E-state index contributed by atoms with van der Waals surface area (Å²) in [6.07, 6.45) is 1.74. The van der Waals surface area contributed by atoms with Crippen molar-refractivity contribution in [2.24, 2.45) is 0 Å². The zero-order valence-corrected chi connectivity index (χ0v) is 10.5. The van der Waals surface area contributed by atoms with Crippen molar-refractivity contribution < 1.29 is 0 Å². The Morgan fingerprint density at radius 1 is 1.47 bits per heavy atom. The second-order valence-corrected chi connectivity index (χ2v) is 4.20. The molecular weight excluding hydrogens is 277 g/mol. The van der Waals surface area contributed by atoms with Crippen molar-refractivity contribution in [3.05, 3.63) is 40.7 Å². The average Bonchev–Trinajstić information content (AvgIpc) is 2.65. The third-order valence-electron chi connectivity index (χ3n) is 2.14.